The molecular formula is C16H21NO2. The van der Waals surface area contributed by atoms with Crippen LogP contribution in [0.4, 0.5) is 0 Å². The third-order valence-corrected chi connectivity index (χ3v) is 3.60. The van der Waals surface area contributed by atoms with Gasteiger partial charge in [0.2, 0.25) is 0 Å². The van der Waals surface area contributed by atoms with Gasteiger partial charge in [0.15, 0.2) is 0 Å². The number of aromatic carboxylic acids is 1. The molecule has 0 atom stereocenters. The summed E-state index contributed by atoms with van der Waals surface area (Å²) in [6, 6.07) is 3.96. The Balaban J connectivity index is 2.80. The number of benzene rings is 1. The molecule has 1 aromatic carbocycles. The lowest BCUT2D eigenvalue weighted by atomic mass is 9.96. The second-order valence-corrected chi connectivity index (χ2v) is 5.44. The minimum Gasteiger partial charge on any atom is -0.478 e. The summed E-state index contributed by atoms with van der Waals surface area (Å²) in [6.07, 6.45) is 4.11. The number of fused-ring (bicyclic) bond motifs is 1. The van der Waals surface area contributed by atoms with Crippen molar-refractivity contribution >= 4 is 16.9 Å². The van der Waals surface area contributed by atoms with E-state index in [9.17, 15) is 9.90 Å². The lowest BCUT2D eigenvalue weighted by molar-refractivity contribution is 0.0698. The molecule has 2 rings (SSSR count). The predicted octanol–water partition coefficient (Wildman–Crippen LogP) is 3.95. The van der Waals surface area contributed by atoms with Crippen molar-refractivity contribution in [3.05, 3.63) is 35.0 Å². The van der Waals surface area contributed by atoms with Crippen molar-refractivity contribution in [2.75, 3.05) is 0 Å². The van der Waals surface area contributed by atoms with E-state index in [1.807, 2.05) is 17.7 Å². The molecule has 3 heteroatoms. The normalized spacial score (nSPS) is 11.4. The molecule has 1 aromatic heterocycles. The van der Waals surface area contributed by atoms with Gasteiger partial charge < -0.3 is 9.67 Å². The molecule has 0 amide bonds. The zero-order valence-electron chi connectivity index (χ0n) is 12.0. The first-order chi connectivity index (χ1) is 8.95. The molecule has 0 aliphatic rings. The van der Waals surface area contributed by atoms with Gasteiger partial charge in [-0.05, 0) is 35.6 Å². The molecule has 0 fully saturated rings. The second-order valence-electron chi connectivity index (χ2n) is 5.44. The first-order valence-corrected chi connectivity index (χ1v) is 6.80. The molecule has 3 nitrogen and oxygen atoms in total. The van der Waals surface area contributed by atoms with E-state index in [1.54, 1.807) is 0 Å². The van der Waals surface area contributed by atoms with E-state index in [1.165, 1.54) is 5.56 Å². The van der Waals surface area contributed by atoms with Gasteiger partial charge in [-0.3, -0.25) is 0 Å². The average molecular weight is 259 g/mol. The number of hydrogen-bond donors (Lipinski definition) is 1. The van der Waals surface area contributed by atoms with Gasteiger partial charge in [-0.15, -0.1) is 0 Å². The van der Waals surface area contributed by atoms with Gasteiger partial charge in [-0.25, -0.2) is 4.79 Å². The van der Waals surface area contributed by atoms with Crippen molar-refractivity contribution in [2.45, 2.75) is 39.5 Å². The Hall–Kier alpha value is -1.77. The fraction of sp³-hybridized carbons (Fsp3) is 0.438. The minimum atomic E-state index is -0.850. The molecule has 1 heterocycles. The molecule has 0 saturated carbocycles. The highest BCUT2D eigenvalue weighted by molar-refractivity contribution is 6.03. The standard InChI is InChI=1S/C16H21NO2/c1-5-6-11-9-17(4)15-13(11)7-12(10(2)3)8-14(15)16(18)19/h7-10H,5-6H2,1-4H3,(H,18,19). The Morgan fingerprint density at radius 3 is 2.58 bits per heavy atom. The Morgan fingerprint density at radius 1 is 1.37 bits per heavy atom. The van der Waals surface area contributed by atoms with E-state index in [2.05, 4.69) is 33.0 Å². The first kappa shape index (κ1) is 13.7. The maximum Gasteiger partial charge on any atom is 0.337 e. The third kappa shape index (κ3) is 2.37. The summed E-state index contributed by atoms with van der Waals surface area (Å²) in [7, 11) is 1.92. The van der Waals surface area contributed by atoms with Gasteiger partial charge in [-0.1, -0.05) is 27.2 Å². The maximum atomic E-state index is 11.5. The SMILES string of the molecule is CCCc1cn(C)c2c(C(=O)O)cc(C(C)C)cc12. The van der Waals surface area contributed by atoms with Gasteiger partial charge in [-0.2, -0.15) is 0 Å². The summed E-state index contributed by atoms with van der Waals surface area (Å²) in [5.74, 6) is -0.520. The van der Waals surface area contributed by atoms with Crippen LogP contribution in [0.2, 0.25) is 0 Å². The van der Waals surface area contributed by atoms with Gasteiger partial charge >= 0.3 is 5.97 Å². The van der Waals surface area contributed by atoms with Crippen LogP contribution in [-0.4, -0.2) is 15.6 Å². The lowest BCUT2D eigenvalue weighted by Gasteiger charge is -2.10. The van der Waals surface area contributed by atoms with Crippen LogP contribution in [-0.2, 0) is 13.5 Å². The number of carboxylic acid groups (broad SMARTS) is 1. The molecule has 0 saturated heterocycles. The first-order valence-electron chi connectivity index (χ1n) is 6.80. The van der Waals surface area contributed by atoms with Crippen LogP contribution in [0.15, 0.2) is 18.3 Å². The van der Waals surface area contributed by atoms with Gasteiger partial charge in [0.25, 0.3) is 0 Å². The van der Waals surface area contributed by atoms with Crippen LogP contribution in [0.5, 0.6) is 0 Å². The highest BCUT2D eigenvalue weighted by Gasteiger charge is 2.17. The Labute approximate surface area is 113 Å². The smallest absolute Gasteiger partial charge is 0.337 e. The van der Waals surface area contributed by atoms with Gasteiger partial charge in [0.05, 0.1) is 11.1 Å². The number of carboxylic acids is 1. The number of hydrogen-bond acceptors (Lipinski definition) is 1. The number of carbonyl (C=O) groups is 1. The maximum absolute atomic E-state index is 11.5. The monoisotopic (exact) mass is 259 g/mol. The molecule has 0 aliphatic carbocycles. The van der Waals surface area contributed by atoms with E-state index in [4.69, 9.17) is 0 Å². The van der Waals surface area contributed by atoms with Crippen LogP contribution >= 0.6 is 0 Å². The molecule has 2 aromatic rings. The number of rotatable bonds is 4. The summed E-state index contributed by atoms with van der Waals surface area (Å²) in [5.41, 5.74) is 3.57. The number of nitrogens with zero attached hydrogens (tertiary/aromatic N) is 1. The highest BCUT2D eigenvalue weighted by Crippen LogP contribution is 2.29. The third-order valence-electron chi connectivity index (χ3n) is 3.60. The van der Waals surface area contributed by atoms with E-state index in [-0.39, 0.29) is 0 Å². The summed E-state index contributed by atoms with van der Waals surface area (Å²) in [5, 5.41) is 10.5. The number of aromatic nitrogens is 1. The molecule has 1 N–H and O–H groups in total. The minimum absolute atomic E-state index is 0.331. The molecule has 102 valence electrons. The lowest BCUT2D eigenvalue weighted by Crippen LogP contribution is -2.02. The molecule has 0 unspecified atom stereocenters. The largest absolute Gasteiger partial charge is 0.478 e. The van der Waals surface area contributed by atoms with Gasteiger partial charge in [0, 0.05) is 18.6 Å². The van der Waals surface area contributed by atoms with Crippen molar-refractivity contribution in [1.29, 1.82) is 0 Å². The number of aryl methyl sites for hydroxylation is 2. The Morgan fingerprint density at radius 2 is 2.05 bits per heavy atom. The van der Waals surface area contributed by atoms with Crippen molar-refractivity contribution < 1.29 is 9.90 Å². The summed E-state index contributed by atoms with van der Waals surface area (Å²) >= 11 is 0. The summed E-state index contributed by atoms with van der Waals surface area (Å²) < 4.78 is 1.94. The molecular weight excluding hydrogens is 238 g/mol. The Kier molecular flexibility index (Phi) is 3.65. The van der Waals surface area contributed by atoms with Crippen LogP contribution in [0, 0.1) is 0 Å². The van der Waals surface area contributed by atoms with E-state index >= 15 is 0 Å². The fourth-order valence-electron chi connectivity index (χ4n) is 2.61. The summed E-state index contributed by atoms with van der Waals surface area (Å²) in [4.78, 5) is 11.5. The Bertz CT molecular complexity index is 623. The van der Waals surface area contributed by atoms with Crippen molar-refractivity contribution in [2.24, 2.45) is 7.05 Å². The van der Waals surface area contributed by atoms with Crippen LogP contribution in [0.3, 0.4) is 0 Å². The molecule has 0 aliphatic heterocycles. The molecule has 0 bridgehead atoms. The highest BCUT2D eigenvalue weighted by atomic mass is 16.4. The predicted molar refractivity (Wildman–Crippen MR) is 78.0 cm³/mol. The summed E-state index contributed by atoms with van der Waals surface area (Å²) in [6.45, 7) is 6.33. The van der Waals surface area contributed by atoms with E-state index in [0.29, 0.717) is 11.5 Å². The molecule has 19 heavy (non-hydrogen) atoms. The van der Waals surface area contributed by atoms with Gasteiger partial charge in [0.1, 0.15) is 0 Å². The van der Waals surface area contributed by atoms with Crippen LogP contribution in [0.1, 0.15) is 54.6 Å². The van der Waals surface area contributed by atoms with Crippen molar-refractivity contribution in [1.82, 2.24) is 4.57 Å². The molecule has 0 spiro atoms. The van der Waals surface area contributed by atoms with Crippen LogP contribution in [0.25, 0.3) is 10.9 Å². The zero-order chi connectivity index (χ0) is 14.2. The second kappa shape index (κ2) is 5.08. The van der Waals surface area contributed by atoms with Crippen molar-refractivity contribution in [3.63, 3.8) is 0 Å². The average Bonchev–Trinajstić information content (AvgIpc) is 2.66. The van der Waals surface area contributed by atoms with Crippen LogP contribution < -0.4 is 0 Å². The topological polar surface area (TPSA) is 42.2 Å². The zero-order valence-corrected chi connectivity index (χ0v) is 12.0. The fourth-order valence-corrected chi connectivity index (χ4v) is 2.61. The van der Waals surface area contributed by atoms with E-state index < -0.39 is 5.97 Å². The molecule has 0 radical (unpaired) electrons. The van der Waals surface area contributed by atoms with Crippen molar-refractivity contribution in [3.8, 4) is 0 Å². The van der Waals surface area contributed by atoms with E-state index in [0.717, 1.165) is 29.3 Å². The quantitative estimate of drug-likeness (QED) is 0.903.